The van der Waals surface area contributed by atoms with Gasteiger partial charge >= 0.3 is 0 Å². The summed E-state index contributed by atoms with van der Waals surface area (Å²) in [5, 5.41) is 16.3. The Labute approximate surface area is 234 Å². The summed E-state index contributed by atoms with van der Waals surface area (Å²) >= 11 is 0. The molecule has 0 saturated carbocycles. The molecule has 3 aliphatic rings. The summed E-state index contributed by atoms with van der Waals surface area (Å²) in [5.41, 5.74) is 2.98. The van der Waals surface area contributed by atoms with Crippen LogP contribution < -0.4 is 25.0 Å². The van der Waals surface area contributed by atoms with Crippen LogP contribution in [-0.4, -0.2) is 91.6 Å². The molecule has 0 aliphatic carbocycles. The smallest absolute Gasteiger partial charge is 0.239 e. The molecule has 0 unspecified atom stereocenters. The van der Waals surface area contributed by atoms with E-state index in [2.05, 4.69) is 41.5 Å². The second-order valence-corrected chi connectivity index (χ2v) is 10.2. The summed E-state index contributed by atoms with van der Waals surface area (Å²) in [7, 11) is 1.64. The van der Waals surface area contributed by atoms with Crippen molar-refractivity contribution in [2.24, 2.45) is 0 Å². The van der Waals surface area contributed by atoms with E-state index in [1.807, 2.05) is 36.4 Å². The first-order valence-electron chi connectivity index (χ1n) is 13.8. The van der Waals surface area contributed by atoms with E-state index in [0.29, 0.717) is 40.7 Å². The number of piperazine rings is 1. The van der Waals surface area contributed by atoms with Gasteiger partial charge in [0.05, 0.1) is 37.6 Å². The molecule has 208 valence electrons. The molecule has 5 heterocycles. The van der Waals surface area contributed by atoms with Crippen molar-refractivity contribution in [3.05, 3.63) is 48.2 Å². The van der Waals surface area contributed by atoms with Crippen LogP contribution in [0.5, 0.6) is 11.6 Å². The van der Waals surface area contributed by atoms with Crippen LogP contribution in [0.25, 0.3) is 11.3 Å². The lowest BCUT2D eigenvalue weighted by Crippen LogP contribution is -2.56. The Balaban J connectivity index is 1.14. The molecule has 3 saturated heterocycles. The largest absolute Gasteiger partial charge is 0.489 e. The average molecular weight is 543 g/mol. The highest BCUT2D eigenvalue weighted by Gasteiger charge is 2.29. The standard InChI is InChI=1S/C29H34N8O3/c1-38-28-25(37-14-12-36(13-15-37)22-18-39-19-22)3-5-27(34-28)35-29-32-11-8-24(33-29)20-2-4-26(21(16-20)17-30)40-23-6-9-31-10-7-23/h2-5,8,11,16,22-23,31H,6-7,9-10,12-15,18-19H2,1H3,(H,32,33,34,35). The average Bonchev–Trinajstić information content (AvgIpc) is 2.97. The number of pyridine rings is 1. The van der Waals surface area contributed by atoms with Gasteiger partial charge in [0.15, 0.2) is 0 Å². The summed E-state index contributed by atoms with van der Waals surface area (Å²) in [4.78, 5) is 18.6. The molecule has 0 amide bonds. The predicted octanol–water partition coefficient (Wildman–Crippen LogP) is 2.81. The Morgan fingerprint density at radius 2 is 1.88 bits per heavy atom. The van der Waals surface area contributed by atoms with Crippen LogP contribution in [0.4, 0.5) is 17.5 Å². The van der Waals surface area contributed by atoms with Crippen molar-refractivity contribution in [2.75, 3.05) is 69.8 Å². The number of rotatable bonds is 8. The fourth-order valence-electron chi connectivity index (χ4n) is 5.32. The third kappa shape index (κ3) is 5.79. The van der Waals surface area contributed by atoms with Gasteiger partial charge in [-0.1, -0.05) is 0 Å². The third-order valence-electron chi connectivity index (χ3n) is 7.70. The summed E-state index contributed by atoms with van der Waals surface area (Å²) in [5.74, 6) is 2.17. The monoisotopic (exact) mass is 542 g/mol. The number of hydrogen-bond donors (Lipinski definition) is 2. The molecule has 11 heteroatoms. The van der Waals surface area contributed by atoms with Gasteiger partial charge in [0.2, 0.25) is 11.8 Å². The minimum atomic E-state index is 0.122. The van der Waals surface area contributed by atoms with Crippen LogP contribution in [-0.2, 0) is 4.74 Å². The fourth-order valence-corrected chi connectivity index (χ4v) is 5.32. The van der Waals surface area contributed by atoms with Crippen molar-refractivity contribution in [2.45, 2.75) is 25.0 Å². The lowest BCUT2D eigenvalue weighted by Gasteiger charge is -2.43. The number of nitrogens with one attached hydrogen (secondary N) is 2. The van der Waals surface area contributed by atoms with Gasteiger partial charge in [0.1, 0.15) is 29.4 Å². The number of hydrogen-bond acceptors (Lipinski definition) is 11. The summed E-state index contributed by atoms with van der Waals surface area (Å²) in [6.07, 6.45) is 3.67. The summed E-state index contributed by atoms with van der Waals surface area (Å²) in [6, 6.07) is 14.2. The van der Waals surface area contributed by atoms with Crippen molar-refractivity contribution in [3.8, 4) is 29.0 Å². The number of nitrogens with zero attached hydrogens (tertiary/aromatic N) is 6. The molecule has 0 atom stereocenters. The van der Waals surface area contributed by atoms with Crippen LogP contribution in [0, 0.1) is 11.3 Å². The van der Waals surface area contributed by atoms with Gasteiger partial charge in [-0.05, 0) is 62.3 Å². The van der Waals surface area contributed by atoms with Gasteiger partial charge in [-0.3, -0.25) is 4.90 Å². The number of nitriles is 1. The number of benzene rings is 1. The highest BCUT2D eigenvalue weighted by atomic mass is 16.5. The summed E-state index contributed by atoms with van der Waals surface area (Å²) < 4.78 is 17.1. The van der Waals surface area contributed by atoms with Crippen molar-refractivity contribution in [3.63, 3.8) is 0 Å². The number of piperidine rings is 1. The second kappa shape index (κ2) is 12.0. The Bertz CT molecular complexity index is 1360. The van der Waals surface area contributed by atoms with Gasteiger partial charge in [-0.15, -0.1) is 0 Å². The normalized spacial score (nSPS) is 18.6. The van der Waals surface area contributed by atoms with E-state index in [-0.39, 0.29) is 6.10 Å². The first-order valence-corrected chi connectivity index (χ1v) is 13.8. The van der Waals surface area contributed by atoms with Crippen molar-refractivity contribution >= 4 is 17.5 Å². The topological polar surface area (TPSA) is 121 Å². The number of anilines is 3. The second-order valence-electron chi connectivity index (χ2n) is 10.2. The highest BCUT2D eigenvalue weighted by molar-refractivity contribution is 5.66. The molecule has 3 aliphatic heterocycles. The van der Waals surface area contributed by atoms with E-state index in [9.17, 15) is 5.26 Å². The van der Waals surface area contributed by atoms with Gasteiger partial charge in [0.25, 0.3) is 0 Å². The van der Waals surface area contributed by atoms with Crippen molar-refractivity contribution < 1.29 is 14.2 Å². The molecule has 2 N–H and O–H groups in total. The maximum Gasteiger partial charge on any atom is 0.239 e. The van der Waals surface area contributed by atoms with E-state index in [0.717, 1.165) is 76.6 Å². The molecule has 3 fully saturated rings. The van der Waals surface area contributed by atoms with Gasteiger partial charge in [-0.25, -0.2) is 9.97 Å². The molecule has 3 aromatic rings. The lowest BCUT2D eigenvalue weighted by atomic mass is 10.1. The molecule has 0 bridgehead atoms. The predicted molar refractivity (Wildman–Crippen MR) is 151 cm³/mol. The quantitative estimate of drug-likeness (QED) is 0.437. The van der Waals surface area contributed by atoms with E-state index >= 15 is 0 Å². The number of aromatic nitrogens is 3. The SMILES string of the molecule is COc1nc(Nc2nccc(-c3ccc(OC4CCNCC4)c(C#N)c3)n2)ccc1N1CCN(C2COC2)CC1. The molecule has 11 nitrogen and oxygen atoms in total. The van der Waals surface area contributed by atoms with Crippen LogP contribution in [0.3, 0.4) is 0 Å². The van der Waals surface area contributed by atoms with E-state index in [1.165, 1.54) is 0 Å². The van der Waals surface area contributed by atoms with Crippen LogP contribution in [0.2, 0.25) is 0 Å². The molecular formula is C29H34N8O3. The zero-order chi connectivity index (χ0) is 27.3. The van der Waals surface area contributed by atoms with E-state index in [4.69, 9.17) is 14.2 Å². The molecule has 6 rings (SSSR count). The Kier molecular flexibility index (Phi) is 7.90. The Hall–Kier alpha value is -3.98. The van der Waals surface area contributed by atoms with Crippen LogP contribution in [0.1, 0.15) is 18.4 Å². The molecule has 2 aromatic heterocycles. The molecule has 0 spiro atoms. The van der Waals surface area contributed by atoms with Gasteiger partial charge in [-0.2, -0.15) is 10.2 Å². The van der Waals surface area contributed by atoms with Crippen LogP contribution >= 0.6 is 0 Å². The van der Waals surface area contributed by atoms with Crippen LogP contribution in [0.15, 0.2) is 42.6 Å². The highest BCUT2D eigenvalue weighted by Crippen LogP contribution is 2.31. The fraction of sp³-hybridized carbons (Fsp3) is 0.448. The van der Waals surface area contributed by atoms with Crippen molar-refractivity contribution in [1.29, 1.82) is 5.26 Å². The zero-order valence-corrected chi connectivity index (χ0v) is 22.7. The lowest BCUT2D eigenvalue weighted by molar-refractivity contribution is -0.0660. The zero-order valence-electron chi connectivity index (χ0n) is 22.7. The van der Waals surface area contributed by atoms with E-state index < -0.39 is 0 Å². The molecule has 40 heavy (non-hydrogen) atoms. The molecule has 0 radical (unpaired) electrons. The number of ether oxygens (including phenoxy) is 3. The minimum absolute atomic E-state index is 0.122. The Morgan fingerprint density at radius 1 is 1.05 bits per heavy atom. The maximum absolute atomic E-state index is 9.77. The van der Waals surface area contributed by atoms with Crippen molar-refractivity contribution in [1.82, 2.24) is 25.2 Å². The first-order chi connectivity index (χ1) is 19.7. The maximum atomic E-state index is 9.77. The molecular weight excluding hydrogens is 508 g/mol. The summed E-state index contributed by atoms with van der Waals surface area (Å²) in [6.45, 7) is 7.36. The molecule has 1 aromatic carbocycles. The first kappa shape index (κ1) is 26.3. The van der Waals surface area contributed by atoms with Gasteiger partial charge in [0, 0.05) is 37.9 Å². The van der Waals surface area contributed by atoms with E-state index in [1.54, 1.807) is 13.3 Å². The van der Waals surface area contributed by atoms with Gasteiger partial charge < -0.3 is 29.7 Å². The number of methoxy groups -OCH3 is 1. The Morgan fingerprint density at radius 3 is 2.60 bits per heavy atom. The minimum Gasteiger partial charge on any atom is -0.489 e. The third-order valence-corrected chi connectivity index (χ3v) is 7.70.